The van der Waals surface area contributed by atoms with Crippen molar-refractivity contribution in [1.29, 1.82) is 0 Å². The highest BCUT2D eigenvalue weighted by atomic mass is 35.5. The van der Waals surface area contributed by atoms with Crippen LogP contribution in [0.3, 0.4) is 0 Å². The molecule has 0 radical (unpaired) electrons. The Hall–Kier alpha value is -0.760. The highest BCUT2D eigenvalue weighted by Gasteiger charge is 2.37. The standard InChI is InChI=1S/C13H16ClNO4S2/c1-20-13(5-2-6-13)8-15-21(18,19)9-3-4-10(12(16)17)11(14)7-9/h3-4,7,15H,2,5-6,8H2,1H3,(H,16,17). The number of halogens is 1. The highest BCUT2D eigenvalue weighted by molar-refractivity contribution is 8.00. The summed E-state index contributed by atoms with van der Waals surface area (Å²) in [5, 5.41) is 8.80. The van der Waals surface area contributed by atoms with E-state index in [-0.39, 0.29) is 20.2 Å². The third kappa shape index (κ3) is 3.53. The summed E-state index contributed by atoms with van der Waals surface area (Å²) in [7, 11) is -3.69. The largest absolute Gasteiger partial charge is 0.478 e. The molecule has 0 spiro atoms. The molecule has 1 aromatic rings. The van der Waals surface area contributed by atoms with Gasteiger partial charge in [-0.1, -0.05) is 18.0 Å². The van der Waals surface area contributed by atoms with Gasteiger partial charge in [0.15, 0.2) is 0 Å². The van der Waals surface area contributed by atoms with Gasteiger partial charge in [0.2, 0.25) is 10.0 Å². The van der Waals surface area contributed by atoms with E-state index in [1.165, 1.54) is 18.2 Å². The Kier molecular flexibility index (Phi) is 4.87. The second-order valence-corrected chi connectivity index (χ2v) is 8.46. The van der Waals surface area contributed by atoms with E-state index in [0.717, 1.165) is 19.3 Å². The number of carboxylic acid groups (broad SMARTS) is 1. The number of sulfonamides is 1. The Morgan fingerprint density at radius 3 is 2.57 bits per heavy atom. The van der Waals surface area contributed by atoms with E-state index in [1.807, 2.05) is 6.26 Å². The number of hydrogen-bond donors (Lipinski definition) is 2. The Labute approximate surface area is 133 Å². The minimum absolute atomic E-state index is 0.0160. The number of carbonyl (C=O) groups is 1. The van der Waals surface area contributed by atoms with Gasteiger partial charge in [-0.2, -0.15) is 11.8 Å². The predicted molar refractivity (Wildman–Crippen MR) is 83.7 cm³/mol. The zero-order chi connectivity index (χ0) is 15.7. The van der Waals surface area contributed by atoms with Crippen LogP contribution in [0.4, 0.5) is 0 Å². The average molecular weight is 350 g/mol. The normalized spacial score (nSPS) is 17.2. The van der Waals surface area contributed by atoms with E-state index < -0.39 is 16.0 Å². The number of carboxylic acids is 1. The van der Waals surface area contributed by atoms with Crippen molar-refractivity contribution in [2.45, 2.75) is 28.9 Å². The van der Waals surface area contributed by atoms with Gasteiger partial charge in [-0.25, -0.2) is 17.9 Å². The predicted octanol–water partition coefficient (Wildman–Crippen LogP) is 2.60. The van der Waals surface area contributed by atoms with Crippen molar-refractivity contribution in [2.24, 2.45) is 0 Å². The van der Waals surface area contributed by atoms with Crippen molar-refractivity contribution >= 4 is 39.4 Å². The van der Waals surface area contributed by atoms with Crippen LogP contribution in [-0.2, 0) is 10.0 Å². The molecule has 1 aromatic carbocycles. The summed E-state index contributed by atoms with van der Waals surface area (Å²) in [6.45, 7) is 0.370. The molecular formula is C13H16ClNO4S2. The van der Waals surface area contributed by atoms with Crippen LogP contribution in [0.2, 0.25) is 5.02 Å². The number of hydrogen-bond acceptors (Lipinski definition) is 4. The van der Waals surface area contributed by atoms with Gasteiger partial charge in [0.05, 0.1) is 15.5 Å². The molecule has 0 unspecified atom stereocenters. The van der Waals surface area contributed by atoms with Crippen LogP contribution in [-0.4, -0.2) is 37.0 Å². The third-order valence-electron chi connectivity index (χ3n) is 3.76. The van der Waals surface area contributed by atoms with Gasteiger partial charge in [0, 0.05) is 11.3 Å². The smallest absolute Gasteiger partial charge is 0.337 e. The molecule has 1 fully saturated rings. The minimum atomic E-state index is -3.69. The van der Waals surface area contributed by atoms with Crippen molar-refractivity contribution in [2.75, 3.05) is 12.8 Å². The maximum atomic E-state index is 12.2. The number of thioether (sulfide) groups is 1. The molecule has 0 amide bonds. The van der Waals surface area contributed by atoms with Crippen LogP contribution in [0.5, 0.6) is 0 Å². The lowest BCUT2D eigenvalue weighted by atomic mass is 9.84. The zero-order valence-corrected chi connectivity index (χ0v) is 13.8. The van der Waals surface area contributed by atoms with Gasteiger partial charge >= 0.3 is 5.97 Å². The zero-order valence-electron chi connectivity index (χ0n) is 11.4. The van der Waals surface area contributed by atoms with E-state index in [1.54, 1.807) is 11.8 Å². The van der Waals surface area contributed by atoms with Gasteiger partial charge in [0.1, 0.15) is 0 Å². The van der Waals surface area contributed by atoms with Gasteiger partial charge in [-0.3, -0.25) is 0 Å². The lowest BCUT2D eigenvalue weighted by Crippen LogP contribution is -2.45. The maximum Gasteiger partial charge on any atom is 0.337 e. The molecule has 1 saturated carbocycles. The summed E-state index contributed by atoms with van der Waals surface area (Å²) >= 11 is 7.48. The Morgan fingerprint density at radius 1 is 1.48 bits per heavy atom. The quantitative estimate of drug-likeness (QED) is 0.824. The van der Waals surface area contributed by atoms with Gasteiger partial charge in [0.25, 0.3) is 0 Å². The van der Waals surface area contributed by atoms with E-state index in [0.29, 0.717) is 6.54 Å². The molecule has 1 aliphatic carbocycles. The van der Waals surface area contributed by atoms with E-state index in [9.17, 15) is 13.2 Å². The van der Waals surface area contributed by atoms with Crippen molar-refractivity contribution in [1.82, 2.24) is 4.72 Å². The molecule has 8 heteroatoms. The summed E-state index contributed by atoms with van der Waals surface area (Å²) < 4.78 is 27.1. The van der Waals surface area contributed by atoms with Crippen LogP contribution in [0.15, 0.2) is 23.1 Å². The molecular weight excluding hydrogens is 334 g/mol. The second-order valence-electron chi connectivity index (χ2n) is 5.01. The molecule has 0 saturated heterocycles. The monoisotopic (exact) mass is 349 g/mol. The summed E-state index contributed by atoms with van der Waals surface area (Å²) in [5.74, 6) is -1.19. The molecule has 0 heterocycles. The summed E-state index contributed by atoms with van der Waals surface area (Å²) in [5.41, 5.74) is -0.116. The van der Waals surface area contributed by atoms with Crippen LogP contribution in [0, 0.1) is 0 Å². The number of nitrogens with one attached hydrogen (secondary N) is 1. The van der Waals surface area contributed by atoms with Gasteiger partial charge in [-0.05, 0) is 37.3 Å². The Bertz CT molecular complexity index is 651. The van der Waals surface area contributed by atoms with Crippen molar-refractivity contribution in [3.63, 3.8) is 0 Å². The summed E-state index contributed by atoms with van der Waals surface area (Å²) in [6.07, 6.45) is 5.08. The fourth-order valence-electron chi connectivity index (χ4n) is 2.17. The lowest BCUT2D eigenvalue weighted by Gasteiger charge is -2.40. The first-order chi connectivity index (χ1) is 9.80. The van der Waals surface area contributed by atoms with Gasteiger partial charge in [-0.15, -0.1) is 0 Å². The third-order valence-corrected chi connectivity index (χ3v) is 6.89. The second kappa shape index (κ2) is 6.16. The average Bonchev–Trinajstić information content (AvgIpc) is 2.37. The molecule has 116 valence electrons. The van der Waals surface area contributed by atoms with E-state index >= 15 is 0 Å². The molecule has 5 nitrogen and oxygen atoms in total. The van der Waals surface area contributed by atoms with Crippen molar-refractivity contribution in [3.05, 3.63) is 28.8 Å². The molecule has 1 aliphatic rings. The molecule has 0 aliphatic heterocycles. The Morgan fingerprint density at radius 2 is 2.14 bits per heavy atom. The van der Waals surface area contributed by atoms with Gasteiger partial charge < -0.3 is 5.11 Å². The fraction of sp³-hybridized carbons (Fsp3) is 0.462. The Balaban J connectivity index is 2.16. The highest BCUT2D eigenvalue weighted by Crippen LogP contribution is 2.42. The first kappa shape index (κ1) is 16.6. The number of rotatable bonds is 6. The molecule has 21 heavy (non-hydrogen) atoms. The first-order valence-electron chi connectivity index (χ1n) is 6.37. The molecule has 2 rings (SSSR count). The summed E-state index contributed by atoms with van der Waals surface area (Å²) in [4.78, 5) is 10.9. The van der Waals surface area contributed by atoms with Crippen LogP contribution in [0.1, 0.15) is 29.6 Å². The number of aromatic carboxylic acids is 1. The topological polar surface area (TPSA) is 83.5 Å². The summed E-state index contributed by atoms with van der Waals surface area (Å²) in [6, 6.07) is 3.62. The van der Waals surface area contributed by atoms with Crippen molar-refractivity contribution < 1.29 is 18.3 Å². The first-order valence-corrected chi connectivity index (χ1v) is 9.46. The van der Waals surface area contributed by atoms with Crippen molar-refractivity contribution in [3.8, 4) is 0 Å². The van der Waals surface area contributed by atoms with Crippen LogP contribution in [0.25, 0.3) is 0 Å². The van der Waals surface area contributed by atoms with E-state index in [2.05, 4.69) is 4.72 Å². The molecule has 0 atom stereocenters. The molecule has 0 bridgehead atoms. The SMILES string of the molecule is CSC1(CNS(=O)(=O)c2ccc(C(=O)O)c(Cl)c2)CCC1. The molecule has 0 aromatic heterocycles. The fourth-order valence-corrected chi connectivity index (χ4v) is 4.65. The van der Waals surface area contributed by atoms with Crippen LogP contribution >= 0.6 is 23.4 Å². The minimum Gasteiger partial charge on any atom is -0.478 e. The number of benzene rings is 1. The van der Waals surface area contributed by atoms with Crippen LogP contribution < -0.4 is 4.72 Å². The van der Waals surface area contributed by atoms with E-state index in [4.69, 9.17) is 16.7 Å². The maximum absolute atomic E-state index is 12.2. The lowest BCUT2D eigenvalue weighted by molar-refractivity contribution is 0.0697. The molecule has 2 N–H and O–H groups in total.